The number of methoxy groups -OCH3 is 2. The molecule has 23 heavy (non-hydrogen) atoms. The number of hydrogen-bond donors (Lipinski definition) is 0. The summed E-state index contributed by atoms with van der Waals surface area (Å²) in [6, 6.07) is 12.2. The Hall–Kier alpha value is -2.40. The van der Waals surface area contributed by atoms with E-state index >= 15 is 0 Å². The highest BCUT2D eigenvalue weighted by molar-refractivity contribution is 5.89. The van der Waals surface area contributed by atoms with Crippen molar-refractivity contribution in [3.05, 3.63) is 65.0 Å². The SMILES string of the molecule is COC(=O)c1cccc(CN(C)Cc2ccc(OC)c(F)c2)c1. The van der Waals surface area contributed by atoms with Crippen LogP contribution in [0, 0.1) is 5.82 Å². The van der Waals surface area contributed by atoms with Crippen LogP contribution >= 0.6 is 0 Å². The monoisotopic (exact) mass is 317 g/mol. The van der Waals surface area contributed by atoms with Crippen molar-refractivity contribution in [2.24, 2.45) is 0 Å². The molecule has 0 bridgehead atoms. The molecule has 2 aromatic rings. The highest BCUT2D eigenvalue weighted by Crippen LogP contribution is 2.19. The first-order chi connectivity index (χ1) is 11.0. The summed E-state index contributed by atoms with van der Waals surface area (Å²) in [5.41, 5.74) is 2.37. The first-order valence-electron chi connectivity index (χ1n) is 7.21. The van der Waals surface area contributed by atoms with Crippen LogP contribution < -0.4 is 4.74 Å². The van der Waals surface area contributed by atoms with Crippen LogP contribution in [0.4, 0.5) is 4.39 Å². The van der Waals surface area contributed by atoms with E-state index in [0.717, 1.165) is 11.1 Å². The lowest BCUT2D eigenvalue weighted by atomic mass is 10.1. The largest absolute Gasteiger partial charge is 0.494 e. The zero-order chi connectivity index (χ0) is 16.8. The quantitative estimate of drug-likeness (QED) is 0.767. The van der Waals surface area contributed by atoms with Crippen LogP contribution in [0.15, 0.2) is 42.5 Å². The third-order valence-electron chi connectivity index (χ3n) is 3.47. The van der Waals surface area contributed by atoms with Gasteiger partial charge in [-0.15, -0.1) is 0 Å². The summed E-state index contributed by atoms with van der Waals surface area (Å²) >= 11 is 0. The van der Waals surface area contributed by atoms with E-state index in [1.807, 2.05) is 30.1 Å². The fourth-order valence-corrected chi connectivity index (χ4v) is 2.40. The Labute approximate surface area is 135 Å². The second-order valence-corrected chi connectivity index (χ2v) is 5.33. The molecule has 0 saturated carbocycles. The molecule has 0 atom stereocenters. The predicted octanol–water partition coefficient (Wildman–Crippen LogP) is 3.25. The van der Waals surface area contributed by atoms with Gasteiger partial charge >= 0.3 is 5.97 Å². The molecule has 0 amide bonds. The lowest BCUT2D eigenvalue weighted by molar-refractivity contribution is 0.0600. The average Bonchev–Trinajstić information content (AvgIpc) is 2.54. The second-order valence-electron chi connectivity index (χ2n) is 5.33. The molecule has 0 unspecified atom stereocenters. The normalized spacial score (nSPS) is 10.7. The van der Waals surface area contributed by atoms with Gasteiger partial charge in [-0.05, 0) is 42.4 Å². The zero-order valence-electron chi connectivity index (χ0n) is 13.5. The van der Waals surface area contributed by atoms with E-state index in [1.165, 1.54) is 20.3 Å². The van der Waals surface area contributed by atoms with Crippen molar-refractivity contribution in [3.63, 3.8) is 0 Å². The van der Waals surface area contributed by atoms with E-state index in [4.69, 9.17) is 9.47 Å². The van der Waals surface area contributed by atoms with E-state index in [9.17, 15) is 9.18 Å². The minimum atomic E-state index is -0.369. The van der Waals surface area contributed by atoms with E-state index in [-0.39, 0.29) is 17.5 Å². The van der Waals surface area contributed by atoms with Gasteiger partial charge in [0, 0.05) is 13.1 Å². The second kappa shape index (κ2) is 7.74. The minimum absolute atomic E-state index is 0.238. The van der Waals surface area contributed by atoms with Gasteiger partial charge in [-0.1, -0.05) is 18.2 Å². The Morgan fingerprint density at radius 2 is 1.78 bits per heavy atom. The first kappa shape index (κ1) is 17.0. The number of carbonyl (C=O) groups is 1. The van der Waals surface area contributed by atoms with Crippen LogP contribution in [-0.4, -0.2) is 32.1 Å². The van der Waals surface area contributed by atoms with Crippen molar-refractivity contribution in [2.45, 2.75) is 13.1 Å². The van der Waals surface area contributed by atoms with Crippen molar-refractivity contribution < 1.29 is 18.7 Å². The van der Waals surface area contributed by atoms with Gasteiger partial charge in [0.1, 0.15) is 0 Å². The molecule has 0 heterocycles. The average molecular weight is 317 g/mol. The van der Waals surface area contributed by atoms with Crippen LogP contribution in [0.25, 0.3) is 0 Å². The van der Waals surface area contributed by atoms with Gasteiger partial charge in [0.05, 0.1) is 19.8 Å². The lowest BCUT2D eigenvalue weighted by Gasteiger charge is -2.17. The van der Waals surface area contributed by atoms with Gasteiger partial charge in [0.25, 0.3) is 0 Å². The molecule has 0 spiro atoms. The van der Waals surface area contributed by atoms with Crippen molar-refractivity contribution in [2.75, 3.05) is 21.3 Å². The summed E-state index contributed by atoms with van der Waals surface area (Å²) in [7, 11) is 4.74. The van der Waals surface area contributed by atoms with Crippen LogP contribution in [-0.2, 0) is 17.8 Å². The van der Waals surface area contributed by atoms with Gasteiger partial charge in [0.15, 0.2) is 11.6 Å². The Balaban J connectivity index is 2.03. The molecule has 0 saturated heterocycles. The standard InChI is InChI=1S/C18H20FNO3/c1-20(12-14-7-8-17(22-2)16(19)10-14)11-13-5-4-6-15(9-13)18(21)23-3/h4-10H,11-12H2,1-3H3. The van der Waals surface area contributed by atoms with Crippen LogP contribution in [0.3, 0.4) is 0 Å². The van der Waals surface area contributed by atoms with Gasteiger partial charge in [0.2, 0.25) is 0 Å². The highest BCUT2D eigenvalue weighted by Gasteiger charge is 2.09. The Bertz CT molecular complexity index is 688. The van der Waals surface area contributed by atoms with Crippen molar-refractivity contribution in [1.29, 1.82) is 0 Å². The molecule has 0 radical (unpaired) electrons. The molecule has 122 valence electrons. The minimum Gasteiger partial charge on any atom is -0.494 e. The molecule has 0 aliphatic rings. The Morgan fingerprint density at radius 1 is 1.09 bits per heavy atom. The summed E-state index contributed by atoms with van der Waals surface area (Å²) in [5.74, 6) is -0.486. The summed E-state index contributed by atoms with van der Waals surface area (Å²) in [6.45, 7) is 1.22. The number of hydrogen-bond acceptors (Lipinski definition) is 4. The predicted molar refractivity (Wildman–Crippen MR) is 85.9 cm³/mol. The summed E-state index contributed by atoms with van der Waals surface area (Å²) < 4.78 is 23.3. The fourth-order valence-electron chi connectivity index (χ4n) is 2.40. The van der Waals surface area contributed by atoms with Crippen LogP contribution in [0.1, 0.15) is 21.5 Å². The Kier molecular flexibility index (Phi) is 5.71. The van der Waals surface area contributed by atoms with Crippen molar-refractivity contribution in [3.8, 4) is 5.75 Å². The van der Waals surface area contributed by atoms with E-state index < -0.39 is 0 Å². The molecular weight excluding hydrogens is 297 g/mol. The summed E-state index contributed by atoms with van der Waals surface area (Å²) in [5, 5.41) is 0. The first-order valence-corrected chi connectivity index (χ1v) is 7.21. The zero-order valence-corrected chi connectivity index (χ0v) is 13.5. The lowest BCUT2D eigenvalue weighted by Crippen LogP contribution is -2.17. The highest BCUT2D eigenvalue weighted by atomic mass is 19.1. The number of ether oxygens (including phenoxy) is 2. The molecule has 0 aliphatic heterocycles. The van der Waals surface area contributed by atoms with Gasteiger partial charge in [-0.25, -0.2) is 9.18 Å². The number of benzene rings is 2. The molecule has 0 fully saturated rings. The van der Waals surface area contributed by atoms with Gasteiger partial charge in [-0.3, -0.25) is 4.90 Å². The molecular formula is C18H20FNO3. The molecule has 0 aliphatic carbocycles. The maximum absolute atomic E-state index is 13.7. The molecule has 0 N–H and O–H groups in total. The third kappa shape index (κ3) is 4.53. The van der Waals surface area contributed by atoms with Crippen LogP contribution in [0.5, 0.6) is 5.75 Å². The van der Waals surface area contributed by atoms with Crippen molar-refractivity contribution in [1.82, 2.24) is 4.90 Å². The maximum Gasteiger partial charge on any atom is 0.337 e. The smallest absolute Gasteiger partial charge is 0.337 e. The van der Waals surface area contributed by atoms with E-state index in [0.29, 0.717) is 18.7 Å². The number of halogens is 1. The molecule has 0 aromatic heterocycles. The summed E-state index contributed by atoms with van der Waals surface area (Å²) in [6.07, 6.45) is 0. The summed E-state index contributed by atoms with van der Waals surface area (Å²) in [4.78, 5) is 13.6. The molecule has 2 aromatic carbocycles. The molecule has 2 rings (SSSR count). The fraction of sp³-hybridized carbons (Fsp3) is 0.278. The molecule has 5 heteroatoms. The van der Waals surface area contributed by atoms with Crippen LogP contribution in [0.2, 0.25) is 0 Å². The van der Waals surface area contributed by atoms with E-state index in [1.54, 1.807) is 18.2 Å². The topological polar surface area (TPSA) is 38.8 Å². The maximum atomic E-state index is 13.7. The number of esters is 1. The third-order valence-corrected chi connectivity index (χ3v) is 3.47. The number of nitrogens with zero attached hydrogens (tertiary/aromatic N) is 1. The van der Waals surface area contributed by atoms with Gasteiger partial charge < -0.3 is 9.47 Å². The van der Waals surface area contributed by atoms with Gasteiger partial charge in [-0.2, -0.15) is 0 Å². The number of carbonyl (C=O) groups excluding carboxylic acids is 1. The molecule has 4 nitrogen and oxygen atoms in total. The number of rotatable bonds is 6. The Morgan fingerprint density at radius 3 is 2.39 bits per heavy atom. The van der Waals surface area contributed by atoms with Crippen molar-refractivity contribution >= 4 is 5.97 Å². The van der Waals surface area contributed by atoms with E-state index in [2.05, 4.69) is 0 Å².